The van der Waals surface area contributed by atoms with E-state index in [1.54, 1.807) is 0 Å². The second kappa shape index (κ2) is 6.20. The average Bonchev–Trinajstić information content (AvgIpc) is 2.21. The van der Waals surface area contributed by atoms with Crippen molar-refractivity contribution >= 4 is 0 Å². The van der Waals surface area contributed by atoms with Gasteiger partial charge in [0.2, 0.25) is 0 Å². The van der Waals surface area contributed by atoms with Gasteiger partial charge >= 0.3 is 46.9 Å². The van der Waals surface area contributed by atoms with E-state index >= 15 is 0 Å². The quantitative estimate of drug-likeness (QED) is 0.723. The second-order valence-electron chi connectivity index (χ2n) is 2.80. The molecule has 0 N–H and O–H groups in total. The molecule has 1 aromatic rings. The summed E-state index contributed by atoms with van der Waals surface area (Å²) in [6.45, 7) is 1.73. The molecule has 2 nitrogen and oxygen atoms in total. The average molecular weight is 334 g/mol. The van der Waals surface area contributed by atoms with Gasteiger partial charge in [-0.05, 0) is 12.6 Å². The SMILES string of the molecule is [Yb+2].[c-]1ccccc1C1[N-]CCCO1. The molecule has 1 atom stereocenters. The molecule has 1 aromatic carbocycles. The molecule has 1 saturated heterocycles. The van der Waals surface area contributed by atoms with Crippen LogP contribution in [0.3, 0.4) is 0 Å². The number of hydrogen-bond acceptors (Lipinski definition) is 1. The van der Waals surface area contributed by atoms with E-state index in [0.29, 0.717) is 0 Å². The summed E-state index contributed by atoms with van der Waals surface area (Å²) in [5.74, 6) is 0. The zero-order chi connectivity index (χ0) is 8.23. The first-order chi connectivity index (χ1) is 5.97. The number of ether oxygens (including phenoxy) is 1. The van der Waals surface area contributed by atoms with Crippen LogP contribution in [0.25, 0.3) is 5.32 Å². The first-order valence-corrected chi connectivity index (χ1v) is 4.21. The Morgan fingerprint density at radius 3 is 3.00 bits per heavy atom. The summed E-state index contributed by atoms with van der Waals surface area (Å²) in [7, 11) is 0. The fraction of sp³-hybridized carbons (Fsp3) is 0.400. The number of nitrogens with zero attached hydrogens (tertiary/aromatic N) is 1. The van der Waals surface area contributed by atoms with Crippen LogP contribution in [0.5, 0.6) is 0 Å². The molecule has 1 unspecified atom stereocenters. The van der Waals surface area contributed by atoms with E-state index in [1.807, 2.05) is 24.3 Å². The van der Waals surface area contributed by atoms with E-state index in [-0.39, 0.29) is 53.2 Å². The normalized spacial score (nSPS) is 22.0. The maximum absolute atomic E-state index is 5.47. The van der Waals surface area contributed by atoms with Crippen molar-refractivity contribution < 1.29 is 51.7 Å². The molecule has 1 heterocycles. The van der Waals surface area contributed by atoms with Gasteiger partial charge < -0.3 is 10.1 Å². The van der Waals surface area contributed by atoms with Crippen LogP contribution in [0.2, 0.25) is 0 Å². The topological polar surface area (TPSA) is 23.3 Å². The Morgan fingerprint density at radius 1 is 1.46 bits per heavy atom. The van der Waals surface area contributed by atoms with E-state index in [0.717, 1.165) is 25.1 Å². The molecule has 3 heteroatoms. The Balaban J connectivity index is 0.000000845. The standard InChI is InChI=1S/C10H11NO.Yb/c1-2-5-9(6-3-1)10-11-7-4-8-12-10;/h1-3,5,10H,4,7-8H2;/q-2;+2. The third-order valence-electron chi connectivity index (χ3n) is 1.87. The zero-order valence-electron chi connectivity index (χ0n) is 7.13. The summed E-state index contributed by atoms with van der Waals surface area (Å²) in [4.78, 5) is 0. The molecule has 13 heavy (non-hydrogen) atoms. The summed E-state index contributed by atoms with van der Waals surface area (Å²) in [5, 5.41) is 4.35. The molecule has 0 aromatic heterocycles. The van der Waals surface area contributed by atoms with E-state index in [9.17, 15) is 0 Å². The van der Waals surface area contributed by atoms with Crippen molar-refractivity contribution in [3.63, 3.8) is 0 Å². The molecule has 76 valence electrons. The van der Waals surface area contributed by atoms with Gasteiger partial charge in [-0.15, -0.1) is 6.54 Å². The second-order valence-corrected chi connectivity index (χ2v) is 2.80. The van der Waals surface area contributed by atoms with Crippen molar-refractivity contribution in [2.45, 2.75) is 12.6 Å². The van der Waals surface area contributed by atoms with Crippen molar-refractivity contribution in [2.24, 2.45) is 0 Å². The molecule has 0 spiro atoms. The molecule has 0 aliphatic carbocycles. The van der Waals surface area contributed by atoms with Crippen molar-refractivity contribution in [1.82, 2.24) is 0 Å². The maximum Gasteiger partial charge on any atom is 2.00 e. The first kappa shape index (κ1) is 11.7. The minimum Gasteiger partial charge on any atom is -0.634 e. The Kier molecular flexibility index (Phi) is 5.60. The third-order valence-corrected chi connectivity index (χ3v) is 1.87. The predicted molar refractivity (Wildman–Crippen MR) is 46.8 cm³/mol. The van der Waals surface area contributed by atoms with Crippen LogP contribution in [0.4, 0.5) is 0 Å². The number of benzene rings is 1. The Hall–Kier alpha value is 0.659. The molecular weight excluding hydrogens is 323 g/mol. The summed E-state index contributed by atoms with van der Waals surface area (Å²) in [6.07, 6.45) is 0.975. The van der Waals surface area contributed by atoms with Gasteiger partial charge in [-0.25, -0.2) is 0 Å². The van der Waals surface area contributed by atoms with Gasteiger partial charge in [0.1, 0.15) is 0 Å². The molecule has 0 radical (unpaired) electrons. The fourth-order valence-electron chi connectivity index (χ4n) is 1.27. The zero-order valence-corrected chi connectivity index (χ0v) is 8.85. The van der Waals surface area contributed by atoms with Crippen molar-refractivity contribution in [3.8, 4) is 0 Å². The fourth-order valence-corrected chi connectivity index (χ4v) is 1.27. The van der Waals surface area contributed by atoms with Gasteiger partial charge in [-0.2, -0.15) is 35.9 Å². The van der Waals surface area contributed by atoms with Crippen LogP contribution in [0, 0.1) is 53.0 Å². The van der Waals surface area contributed by atoms with Gasteiger partial charge in [0, 0.05) is 6.61 Å². The molecule has 2 rings (SSSR count). The minimum absolute atomic E-state index is 0. The third kappa shape index (κ3) is 3.37. The van der Waals surface area contributed by atoms with E-state index in [4.69, 9.17) is 4.74 Å². The van der Waals surface area contributed by atoms with Gasteiger partial charge in [0.05, 0.1) is 0 Å². The monoisotopic (exact) mass is 335 g/mol. The molecule has 0 saturated carbocycles. The predicted octanol–water partition coefficient (Wildman–Crippen LogP) is 2.28. The Labute approximate surface area is 117 Å². The van der Waals surface area contributed by atoms with Crippen LogP contribution in [-0.4, -0.2) is 13.2 Å². The number of hydrogen-bond donors (Lipinski definition) is 0. The van der Waals surface area contributed by atoms with Gasteiger partial charge in [0.25, 0.3) is 0 Å². The van der Waals surface area contributed by atoms with E-state index in [1.165, 1.54) is 0 Å². The van der Waals surface area contributed by atoms with Crippen LogP contribution < -0.4 is 0 Å². The smallest absolute Gasteiger partial charge is 0.634 e. The Bertz CT molecular complexity index is 234. The number of rotatable bonds is 1. The van der Waals surface area contributed by atoms with Crippen LogP contribution in [-0.2, 0) is 4.74 Å². The van der Waals surface area contributed by atoms with Gasteiger partial charge in [0.15, 0.2) is 0 Å². The summed E-state index contributed by atoms with van der Waals surface area (Å²) >= 11 is 0. The van der Waals surface area contributed by atoms with E-state index in [2.05, 4.69) is 11.4 Å². The summed E-state index contributed by atoms with van der Waals surface area (Å²) < 4.78 is 5.47. The minimum atomic E-state index is -0.0695. The first-order valence-electron chi connectivity index (χ1n) is 4.21. The Morgan fingerprint density at radius 2 is 2.38 bits per heavy atom. The van der Waals surface area contributed by atoms with Crippen LogP contribution in [0.1, 0.15) is 18.2 Å². The molecule has 1 aliphatic rings. The maximum atomic E-state index is 5.47. The van der Waals surface area contributed by atoms with Crippen LogP contribution in [0.15, 0.2) is 24.3 Å². The van der Waals surface area contributed by atoms with Crippen LogP contribution >= 0.6 is 0 Å². The summed E-state index contributed by atoms with van der Waals surface area (Å²) in [5.41, 5.74) is 1.04. The van der Waals surface area contributed by atoms with Gasteiger partial charge in [-0.3, -0.25) is 0 Å². The van der Waals surface area contributed by atoms with Gasteiger partial charge in [-0.1, -0.05) is 0 Å². The molecule has 1 aliphatic heterocycles. The van der Waals surface area contributed by atoms with E-state index < -0.39 is 0 Å². The molecule has 0 amide bonds. The summed E-state index contributed by atoms with van der Waals surface area (Å²) in [6, 6.07) is 10.9. The van der Waals surface area contributed by atoms with Crippen molar-refractivity contribution in [2.75, 3.05) is 13.2 Å². The largest absolute Gasteiger partial charge is 2.00 e. The van der Waals surface area contributed by atoms with Crippen molar-refractivity contribution in [1.29, 1.82) is 0 Å². The van der Waals surface area contributed by atoms with Crippen molar-refractivity contribution in [3.05, 3.63) is 41.2 Å². The molecular formula is C10H11NOYb. The molecule has 1 fully saturated rings. The molecule has 0 bridgehead atoms.